The number of thioether (sulfide) groups is 2. The van der Waals surface area contributed by atoms with Gasteiger partial charge in [0.25, 0.3) is 0 Å². The lowest BCUT2D eigenvalue weighted by molar-refractivity contribution is 1.34. The predicted octanol–water partition coefficient (Wildman–Crippen LogP) is 4.94. The quantitative estimate of drug-likeness (QED) is 0.639. The summed E-state index contributed by atoms with van der Waals surface area (Å²) >= 11 is 9.56. The van der Waals surface area contributed by atoms with Crippen molar-refractivity contribution in [3.05, 3.63) is 53.1 Å². The van der Waals surface area contributed by atoms with Gasteiger partial charge in [-0.05, 0) is 36.1 Å². The van der Waals surface area contributed by atoms with Gasteiger partial charge in [0.2, 0.25) is 0 Å². The third-order valence-corrected chi connectivity index (χ3v) is 4.93. The van der Waals surface area contributed by atoms with Crippen LogP contribution in [0, 0.1) is 0 Å². The minimum atomic E-state index is 0.723. The number of rotatable bonds is 4. The third kappa shape index (κ3) is 3.37. The third-order valence-electron chi connectivity index (χ3n) is 2.54. The van der Waals surface area contributed by atoms with Gasteiger partial charge in [-0.25, -0.2) is 0 Å². The van der Waals surface area contributed by atoms with Gasteiger partial charge in [0.15, 0.2) is 0 Å². The molecule has 0 radical (unpaired) electrons. The van der Waals surface area contributed by atoms with E-state index in [0.29, 0.717) is 0 Å². The number of benzene rings is 2. The van der Waals surface area contributed by atoms with Crippen LogP contribution in [0.4, 0.5) is 5.69 Å². The Labute approximate surface area is 121 Å². The van der Waals surface area contributed by atoms with Crippen molar-refractivity contribution >= 4 is 40.8 Å². The molecule has 0 fully saturated rings. The van der Waals surface area contributed by atoms with Crippen molar-refractivity contribution in [2.45, 2.75) is 15.5 Å². The molecule has 0 saturated carbocycles. The topological polar surface area (TPSA) is 26.0 Å². The van der Waals surface area contributed by atoms with Crippen molar-refractivity contribution in [2.24, 2.45) is 0 Å². The van der Waals surface area contributed by atoms with Gasteiger partial charge in [-0.2, -0.15) is 0 Å². The zero-order valence-electron chi connectivity index (χ0n) is 10.0. The SMILES string of the molecule is CSc1ccc(CSc2c(N)cccc2Cl)cc1. The van der Waals surface area contributed by atoms with Crippen LogP contribution >= 0.6 is 35.1 Å². The highest BCUT2D eigenvalue weighted by Crippen LogP contribution is 2.34. The Balaban J connectivity index is 2.06. The van der Waals surface area contributed by atoms with E-state index < -0.39 is 0 Å². The second-order valence-electron chi connectivity index (χ2n) is 3.79. The molecule has 2 N–H and O–H groups in total. The number of hydrogen-bond acceptors (Lipinski definition) is 3. The molecule has 0 spiro atoms. The van der Waals surface area contributed by atoms with Crippen LogP contribution in [0.1, 0.15) is 5.56 Å². The average Bonchev–Trinajstić information content (AvgIpc) is 2.39. The summed E-state index contributed by atoms with van der Waals surface area (Å²) in [6, 6.07) is 14.2. The van der Waals surface area contributed by atoms with Crippen LogP contribution in [0.25, 0.3) is 0 Å². The fraction of sp³-hybridized carbons (Fsp3) is 0.143. The molecule has 0 saturated heterocycles. The maximum atomic E-state index is 6.14. The number of anilines is 1. The van der Waals surface area contributed by atoms with Crippen molar-refractivity contribution in [3.8, 4) is 0 Å². The molecular formula is C14H14ClNS2. The molecule has 2 rings (SSSR count). The standard InChI is InChI=1S/C14H14ClNS2/c1-17-11-7-5-10(6-8-11)9-18-14-12(15)3-2-4-13(14)16/h2-8H,9,16H2,1H3. The summed E-state index contributed by atoms with van der Waals surface area (Å²) in [4.78, 5) is 2.24. The molecule has 4 heteroatoms. The Morgan fingerprint density at radius 1 is 1.11 bits per heavy atom. The van der Waals surface area contributed by atoms with Crippen LogP contribution in [-0.4, -0.2) is 6.26 Å². The van der Waals surface area contributed by atoms with Crippen LogP contribution in [-0.2, 0) is 5.75 Å². The van der Waals surface area contributed by atoms with Crippen LogP contribution in [0.2, 0.25) is 5.02 Å². The fourth-order valence-electron chi connectivity index (χ4n) is 1.56. The highest BCUT2D eigenvalue weighted by Gasteiger charge is 2.05. The first-order chi connectivity index (χ1) is 8.70. The summed E-state index contributed by atoms with van der Waals surface area (Å²) in [7, 11) is 0. The van der Waals surface area contributed by atoms with Gasteiger partial charge < -0.3 is 5.73 Å². The Bertz CT molecular complexity index is 506. The molecule has 0 amide bonds. The van der Waals surface area contributed by atoms with Gasteiger partial charge in [-0.15, -0.1) is 23.5 Å². The predicted molar refractivity (Wildman–Crippen MR) is 83.6 cm³/mol. The van der Waals surface area contributed by atoms with Gasteiger partial charge in [-0.3, -0.25) is 0 Å². The largest absolute Gasteiger partial charge is 0.398 e. The number of halogens is 1. The summed E-state index contributed by atoms with van der Waals surface area (Å²) in [5.74, 6) is 0.878. The molecule has 0 atom stereocenters. The van der Waals surface area contributed by atoms with Gasteiger partial charge >= 0.3 is 0 Å². The lowest BCUT2D eigenvalue weighted by Crippen LogP contribution is -1.89. The zero-order chi connectivity index (χ0) is 13.0. The number of hydrogen-bond donors (Lipinski definition) is 1. The Morgan fingerprint density at radius 3 is 2.44 bits per heavy atom. The molecule has 94 valence electrons. The first-order valence-electron chi connectivity index (χ1n) is 5.50. The van der Waals surface area contributed by atoms with Crippen molar-refractivity contribution in [1.82, 2.24) is 0 Å². The van der Waals surface area contributed by atoms with Crippen LogP contribution in [0.3, 0.4) is 0 Å². The molecule has 0 aliphatic carbocycles. The van der Waals surface area contributed by atoms with Crippen LogP contribution in [0.5, 0.6) is 0 Å². The van der Waals surface area contributed by atoms with Crippen molar-refractivity contribution in [3.63, 3.8) is 0 Å². The Hall–Kier alpha value is -0.770. The molecule has 0 bridgehead atoms. The van der Waals surface area contributed by atoms with Gasteiger partial charge in [0, 0.05) is 21.2 Å². The van der Waals surface area contributed by atoms with E-state index in [9.17, 15) is 0 Å². The Morgan fingerprint density at radius 2 is 1.83 bits per heavy atom. The zero-order valence-corrected chi connectivity index (χ0v) is 12.4. The molecular weight excluding hydrogens is 282 g/mol. The highest BCUT2D eigenvalue weighted by molar-refractivity contribution is 7.99. The molecule has 2 aromatic rings. The molecule has 0 unspecified atom stereocenters. The molecule has 0 heterocycles. The van der Waals surface area contributed by atoms with Gasteiger partial charge in [0.1, 0.15) is 0 Å². The van der Waals surface area contributed by atoms with Gasteiger partial charge in [-0.1, -0.05) is 29.8 Å². The second-order valence-corrected chi connectivity index (χ2v) is 6.07. The van der Waals surface area contributed by atoms with E-state index in [4.69, 9.17) is 17.3 Å². The van der Waals surface area contributed by atoms with Crippen molar-refractivity contribution in [1.29, 1.82) is 0 Å². The van der Waals surface area contributed by atoms with Crippen LogP contribution < -0.4 is 5.73 Å². The van der Waals surface area contributed by atoms with E-state index in [1.807, 2.05) is 18.2 Å². The van der Waals surface area contributed by atoms with E-state index in [2.05, 4.69) is 30.5 Å². The monoisotopic (exact) mass is 295 g/mol. The summed E-state index contributed by atoms with van der Waals surface area (Å²) < 4.78 is 0. The normalized spacial score (nSPS) is 10.6. The lowest BCUT2D eigenvalue weighted by Gasteiger charge is -2.07. The fourth-order valence-corrected chi connectivity index (χ4v) is 3.25. The summed E-state index contributed by atoms with van der Waals surface area (Å²) in [5, 5.41) is 0.723. The summed E-state index contributed by atoms with van der Waals surface area (Å²) in [6.45, 7) is 0. The van der Waals surface area contributed by atoms with Crippen LogP contribution in [0.15, 0.2) is 52.3 Å². The van der Waals surface area contributed by atoms with Crippen molar-refractivity contribution < 1.29 is 0 Å². The average molecular weight is 296 g/mol. The highest BCUT2D eigenvalue weighted by atomic mass is 35.5. The van der Waals surface area contributed by atoms with E-state index in [0.717, 1.165) is 21.4 Å². The molecule has 0 aliphatic rings. The molecule has 0 aromatic heterocycles. The maximum absolute atomic E-state index is 6.14. The molecule has 1 nitrogen and oxygen atoms in total. The van der Waals surface area contributed by atoms with Gasteiger partial charge in [0.05, 0.1) is 5.02 Å². The van der Waals surface area contributed by atoms with E-state index in [-0.39, 0.29) is 0 Å². The minimum absolute atomic E-state index is 0.723. The minimum Gasteiger partial charge on any atom is -0.398 e. The lowest BCUT2D eigenvalue weighted by atomic mass is 10.2. The maximum Gasteiger partial charge on any atom is 0.0562 e. The van der Waals surface area contributed by atoms with E-state index in [1.54, 1.807) is 23.5 Å². The number of nitrogen functional groups attached to an aromatic ring is 1. The van der Waals surface area contributed by atoms with E-state index >= 15 is 0 Å². The summed E-state index contributed by atoms with van der Waals surface area (Å²) in [5.41, 5.74) is 7.94. The molecule has 2 aromatic carbocycles. The number of nitrogens with two attached hydrogens (primary N) is 1. The molecule has 0 aliphatic heterocycles. The smallest absolute Gasteiger partial charge is 0.0562 e. The second kappa shape index (κ2) is 6.41. The first-order valence-corrected chi connectivity index (χ1v) is 8.09. The van der Waals surface area contributed by atoms with E-state index in [1.165, 1.54) is 10.5 Å². The molecule has 18 heavy (non-hydrogen) atoms. The summed E-state index contributed by atoms with van der Waals surface area (Å²) in [6.07, 6.45) is 2.08. The van der Waals surface area contributed by atoms with Crippen molar-refractivity contribution in [2.75, 3.05) is 12.0 Å². The Kier molecular flexibility index (Phi) is 4.87. The first kappa shape index (κ1) is 13.7.